The van der Waals surface area contributed by atoms with E-state index in [1.807, 2.05) is 36.4 Å². The van der Waals surface area contributed by atoms with Gasteiger partial charge in [0.15, 0.2) is 5.82 Å². The number of hydrogen-bond donors (Lipinski definition) is 2. The molecule has 2 N–H and O–H groups in total. The molecule has 1 aliphatic rings. The number of carbonyl (C=O) groups excluding carboxylic acids is 2. The molecule has 37 heavy (non-hydrogen) atoms. The minimum Gasteiger partial charge on any atom is -0.364 e. The van der Waals surface area contributed by atoms with E-state index in [-0.39, 0.29) is 24.6 Å². The van der Waals surface area contributed by atoms with Crippen LogP contribution < -0.4 is 5.32 Å². The number of H-pyrrole nitrogens is 1. The van der Waals surface area contributed by atoms with Gasteiger partial charge in [0.1, 0.15) is 0 Å². The summed E-state index contributed by atoms with van der Waals surface area (Å²) >= 11 is 0. The number of carbonyl (C=O) groups is 2. The number of benzene rings is 3. The fourth-order valence-corrected chi connectivity index (χ4v) is 4.36. The monoisotopic (exact) mass is 507 g/mol. The highest BCUT2D eigenvalue weighted by molar-refractivity contribution is 5.96. The van der Waals surface area contributed by atoms with Crippen LogP contribution in [0.5, 0.6) is 0 Å². The van der Waals surface area contributed by atoms with Gasteiger partial charge in [-0.3, -0.25) is 14.7 Å². The van der Waals surface area contributed by atoms with Crippen molar-refractivity contribution in [3.63, 3.8) is 0 Å². The summed E-state index contributed by atoms with van der Waals surface area (Å²) in [6, 6.07) is 19.5. The number of anilines is 1. The number of fused-ring (bicyclic) bond motifs is 1. The van der Waals surface area contributed by atoms with E-state index < -0.39 is 17.6 Å². The van der Waals surface area contributed by atoms with Gasteiger partial charge in [-0.1, -0.05) is 30.3 Å². The van der Waals surface area contributed by atoms with Gasteiger partial charge < -0.3 is 15.1 Å². The van der Waals surface area contributed by atoms with Gasteiger partial charge in [0.2, 0.25) is 0 Å². The zero-order chi connectivity index (χ0) is 26.0. The average Bonchev–Trinajstić information content (AvgIpc) is 3.34. The Balaban J connectivity index is 1.16. The number of para-hydroxylation sites is 1. The van der Waals surface area contributed by atoms with E-state index in [9.17, 15) is 22.8 Å². The quantitative estimate of drug-likeness (QED) is 0.407. The minimum absolute atomic E-state index is 0.0124. The van der Waals surface area contributed by atoms with Crippen molar-refractivity contribution in [3.8, 4) is 0 Å². The Kier molecular flexibility index (Phi) is 6.56. The Morgan fingerprint density at radius 3 is 2.16 bits per heavy atom. The molecule has 3 aromatic carbocycles. The van der Waals surface area contributed by atoms with E-state index in [1.165, 1.54) is 17.0 Å². The summed E-state index contributed by atoms with van der Waals surface area (Å²) in [6.45, 7) is 1.65. The van der Waals surface area contributed by atoms with E-state index in [0.717, 1.165) is 34.4 Å². The Morgan fingerprint density at radius 2 is 1.49 bits per heavy atom. The fourth-order valence-electron chi connectivity index (χ4n) is 4.36. The van der Waals surface area contributed by atoms with Gasteiger partial charge in [-0.25, -0.2) is 0 Å². The van der Waals surface area contributed by atoms with Gasteiger partial charge in [-0.05, 0) is 48.0 Å². The highest BCUT2D eigenvalue weighted by atomic mass is 19.4. The van der Waals surface area contributed by atoms with E-state index in [0.29, 0.717) is 25.2 Å². The smallest absolute Gasteiger partial charge is 0.364 e. The topological polar surface area (TPSA) is 81.3 Å². The summed E-state index contributed by atoms with van der Waals surface area (Å²) in [5.41, 5.74) is 1.60. The number of halogens is 3. The lowest BCUT2D eigenvalue weighted by Gasteiger charge is -2.35. The maximum absolute atomic E-state index is 13.0. The molecule has 1 aromatic heterocycles. The third-order valence-corrected chi connectivity index (χ3v) is 6.42. The Labute approximate surface area is 210 Å². The van der Waals surface area contributed by atoms with Gasteiger partial charge in [0.05, 0.1) is 11.1 Å². The third-order valence-electron chi connectivity index (χ3n) is 6.42. The van der Waals surface area contributed by atoms with Gasteiger partial charge >= 0.3 is 6.18 Å². The number of hydrogen-bond acceptors (Lipinski definition) is 4. The van der Waals surface area contributed by atoms with Crippen LogP contribution in [0, 0.1) is 0 Å². The molecule has 0 aliphatic carbocycles. The highest BCUT2D eigenvalue weighted by Crippen LogP contribution is 2.30. The molecule has 0 radical (unpaired) electrons. The molecule has 2 heterocycles. The first kappa shape index (κ1) is 24.4. The van der Waals surface area contributed by atoms with Crippen LogP contribution in [0.4, 0.5) is 19.0 Å². The molecule has 190 valence electrons. The summed E-state index contributed by atoms with van der Waals surface area (Å²) in [4.78, 5) is 28.8. The number of rotatable bonds is 5. The summed E-state index contributed by atoms with van der Waals surface area (Å²) in [5.74, 6) is 0.136. The van der Waals surface area contributed by atoms with Crippen molar-refractivity contribution in [2.75, 3.05) is 31.5 Å². The lowest BCUT2D eigenvalue weighted by atomic mass is 10.1. The van der Waals surface area contributed by atoms with Crippen LogP contribution in [0.1, 0.15) is 31.8 Å². The second-order valence-corrected chi connectivity index (χ2v) is 8.83. The van der Waals surface area contributed by atoms with Crippen LogP contribution in [0.15, 0.2) is 72.8 Å². The van der Waals surface area contributed by atoms with E-state index in [1.54, 1.807) is 17.0 Å². The number of amides is 2. The number of piperazine rings is 1. The number of aromatic amines is 1. The third kappa shape index (κ3) is 5.28. The predicted octanol–water partition coefficient (Wildman–Crippen LogP) is 4.79. The van der Waals surface area contributed by atoms with Crippen LogP contribution in [0.3, 0.4) is 0 Å². The molecule has 1 aliphatic heterocycles. The van der Waals surface area contributed by atoms with Crippen LogP contribution in [0.25, 0.3) is 10.9 Å². The van der Waals surface area contributed by atoms with Crippen molar-refractivity contribution in [3.05, 3.63) is 95.1 Å². The zero-order valence-electron chi connectivity index (χ0n) is 19.8. The molecular weight excluding hydrogens is 483 g/mol. The summed E-state index contributed by atoms with van der Waals surface area (Å²) in [7, 11) is 0. The summed E-state index contributed by atoms with van der Waals surface area (Å²) in [5, 5.41) is 11.6. The zero-order valence-corrected chi connectivity index (χ0v) is 19.8. The molecule has 0 atom stereocenters. The van der Waals surface area contributed by atoms with Gasteiger partial charge in [0, 0.05) is 49.2 Å². The highest BCUT2D eigenvalue weighted by Gasteiger charge is 2.32. The number of nitrogens with one attached hydrogen (secondary N) is 2. The molecule has 5 rings (SSSR count). The Hall–Kier alpha value is -4.34. The average molecular weight is 508 g/mol. The predicted molar refractivity (Wildman–Crippen MR) is 133 cm³/mol. The Bertz CT molecular complexity index is 1420. The normalized spacial score (nSPS) is 14.1. The second kappa shape index (κ2) is 9.96. The van der Waals surface area contributed by atoms with Crippen molar-refractivity contribution >= 4 is 28.5 Å². The fraction of sp³-hybridized carbons (Fsp3) is 0.222. The molecule has 0 bridgehead atoms. The van der Waals surface area contributed by atoms with Crippen LogP contribution >= 0.6 is 0 Å². The molecule has 10 heteroatoms. The number of nitrogens with zero attached hydrogens (tertiary/aromatic N) is 3. The maximum atomic E-state index is 13.0. The molecule has 7 nitrogen and oxygen atoms in total. The maximum Gasteiger partial charge on any atom is 0.416 e. The van der Waals surface area contributed by atoms with Crippen molar-refractivity contribution < 1.29 is 22.8 Å². The van der Waals surface area contributed by atoms with Gasteiger partial charge in [-0.15, -0.1) is 0 Å². The lowest BCUT2D eigenvalue weighted by Crippen LogP contribution is -2.50. The van der Waals surface area contributed by atoms with Crippen molar-refractivity contribution in [1.82, 2.24) is 20.0 Å². The van der Waals surface area contributed by atoms with Crippen molar-refractivity contribution in [2.45, 2.75) is 12.7 Å². The van der Waals surface area contributed by atoms with Gasteiger partial charge in [0.25, 0.3) is 11.8 Å². The second-order valence-electron chi connectivity index (χ2n) is 8.83. The molecule has 2 amide bonds. The molecule has 4 aromatic rings. The van der Waals surface area contributed by atoms with Crippen molar-refractivity contribution in [2.24, 2.45) is 0 Å². The largest absolute Gasteiger partial charge is 0.416 e. The van der Waals surface area contributed by atoms with Gasteiger partial charge in [-0.2, -0.15) is 18.3 Å². The molecule has 1 saturated heterocycles. The minimum atomic E-state index is -4.51. The van der Waals surface area contributed by atoms with Crippen LogP contribution in [-0.2, 0) is 12.7 Å². The van der Waals surface area contributed by atoms with E-state index in [4.69, 9.17) is 0 Å². The first-order valence-corrected chi connectivity index (χ1v) is 11.8. The molecule has 0 spiro atoms. The first-order chi connectivity index (χ1) is 17.8. The van der Waals surface area contributed by atoms with Crippen LogP contribution in [-0.4, -0.2) is 58.0 Å². The first-order valence-electron chi connectivity index (χ1n) is 11.8. The lowest BCUT2D eigenvalue weighted by molar-refractivity contribution is -0.137. The number of alkyl halides is 3. The SMILES string of the molecule is O=C(c1ccc(CNc2n[nH]c3ccccc23)cc1)N1CCN(C(=O)c2cccc(C(F)(F)F)c2)CC1. The standard InChI is InChI=1S/C27H24F3N5O2/c28-27(29,30)21-5-3-4-20(16-21)26(37)35-14-12-34(13-15-35)25(36)19-10-8-18(9-11-19)17-31-24-22-6-1-2-7-23(22)32-33-24/h1-11,16H,12-15,17H2,(H2,31,32,33). The number of aromatic nitrogens is 2. The molecule has 0 unspecified atom stereocenters. The summed E-state index contributed by atoms with van der Waals surface area (Å²) < 4.78 is 39.0. The van der Waals surface area contributed by atoms with Crippen LogP contribution in [0.2, 0.25) is 0 Å². The molecule has 1 fully saturated rings. The molecular formula is C27H24F3N5O2. The van der Waals surface area contributed by atoms with E-state index in [2.05, 4.69) is 15.5 Å². The molecule has 0 saturated carbocycles. The van der Waals surface area contributed by atoms with E-state index >= 15 is 0 Å². The van der Waals surface area contributed by atoms with Crippen molar-refractivity contribution in [1.29, 1.82) is 0 Å². The summed E-state index contributed by atoms with van der Waals surface area (Å²) in [6.07, 6.45) is -4.51. The Morgan fingerprint density at radius 1 is 0.838 bits per heavy atom.